The number of amides is 3. The molecule has 0 fully saturated rings. The van der Waals surface area contributed by atoms with E-state index in [2.05, 4.69) is 5.32 Å². The van der Waals surface area contributed by atoms with Gasteiger partial charge in [-0.2, -0.15) is 5.10 Å². The SMILES string of the molecule is Cc1ccc2c(c1)C(=O)N(CCC(=O)Nc1c3c(nn1-c1ccccc1)CCC3)C2=O. The van der Waals surface area contributed by atoms with Gasteiger partial charge in [0.1, 0.15) is 5.82 Å². The highest BCUT2D eigenvalue weighted by Crippen LogP contribution is 2.31. The van der Waals surface area contributed by atoms with Gasteiger partial charge in [0.2, 0.25) is 5.91 Å². The third-order valence-electron chi connectivity index (χ3n) is 5.85. The average Bonchev–Trinajstić information content (AvgIpc) is 3.42. The molecule has 1 aromatic heterocycles. The first-order valence-electron chi connectivity index (χ1n) is 10.5. The molecule has 0 saturated heterocycles. The fraction of sp³-hybridized carbons (Fsp3) is 0.250. The molecule has 5 rings (SSSR count). The Labute approximate surface area is 179 Å². The Morgan fingerprint density at radius 3 is 2.61 bits per heavy atom. The molecule has 7 nitrogen and oxygen atoms in total. The number of fused-ring (bicyclic) bond motifs is 2. The van der Waals surface area contributed by atoms with Crippen LogP contribution in [-0.4, -0.2) is 38.9 Å². The van der Waals surface area contributed by atoms with Crippen LogP contribution in [0.1, 0.15) is 50.4 Å². The molecule has 7 heteroatoms. The van der Waals surface area contributed by atoms with E-state index in [0.29, 0.717) is 16.9 Å². The second-order valence-corrected chi connectivity index (χ2v) is 7.98. The van der Waals surface area contributed by atoms with E-state index in [1.807, 2.05) is 43.3 Å². The summed E-state index contributed by atoms with van der Waals surface area (Å²) in [6, 6.07) is 14.9. The molecule has 3 amide bonds. The number of nitrogens with zero attached hydrogens (tertiary/aromatic N) is 3. The Morgan fingerprint density at radius 1 is 1.03 bits per heavy atom. The number of nitrogens with one attached hydrogen (secondary N) is 1. The molecule has 0 spiro atoms. The van der Waals surface area contributed by atoms with Gasteiger partial charge in [-0.3, -0.25) is 19.3 Å². The smallest absolute Gasteiger partial charge is 0.261 e. The number of aromatic nitrogens is 2. The molecule has 0 bridgehead atoms. The van der Waals surface area contributed by atoms with Gasteiger partial charge >= 0.3 is 0 Å². The van der Waals surface area contributed by atoms with Gasteiger partial charge in [-0.05, 0) is 50.5 Å². The van der Waals surface area contributed by atoms with Crippen molar-refractivity contribution in [1.82, 2.24) is 14.7 Å². The monoisotopic (exact) mass is 414 g/mol. The minimum absolute atomic E-state index is 0.0270. The predicted octanol–water partition coefficient (Wildman–Crippen LogP) is 3.29. The predicted molar refractivity (Wildman–Crippen MR) is 115 cm³/mol. The number of para-hydroxylation sites is 1. The molecule has 2 heterocycles. The van der Waals surface area contributed by atoms with Crippen molar-refractivity contribution in [2.45, 2.75) is 32.6 Å². The van der Waals surface area contributed by atoms with Crippen molar-refractivity contribution < 1.29 is 14.4 Å². The zero-order valence-corrected chi connectivity index (χ0v) is 17.2. The van der Waals surface area contributed by atoms with Crippen LogP contribution in [0.5, 0.6) is 0 Å². The summed E-state index contributed by atoms with van der Waals surface area (Å²) in [6.45, 7) is 1.92. The van der Waals surface area contributed by atoms with Gasteiger partial charge in [-0.25, -0.2) is 4.68 Å². The van der Waals surface area contributed by atoms with Gasteiger partial charge in [0.25, 0.3) is 11.8 Å². The summed E-state index contributed by atoms with van der Waals surface area (Å²) < 4.78 is 1.77. The van der Waals surface area contributed by atoms with Gasteiger partial charge in [-0.15, -0.1) is 0 Å². The summed E-state index contributed by atoms with van der Waals surface area (Å²) >= 11 is 0. The minimum Gasteiger partial charge on any atom is -0.310 e. The maximum Gasteiger partial charge on any atom is 0.261 e. The quantitative estimate of drug-likeness (QED) is 0.650. The van der Waals surface area contributed by atoms with Gasteiger partial charge in [0.15, 0.2) is 0 Å². The maximum atomic E-state index is 12.8. The fourth-order valence-electron chi connectivity index (χ4n) is 4.29. The number of carbonyl (C=O) groups excluding carboxylic acids is 3. The van der Waals surface area contributed by atoms with Crippen LogP contribution in [0.3, 0.4) is 0 Å². The summed E-state index contributed by atoms with van der Waals surface area (Å²) in [5.41, 5.74) is 4.68. The van der Waals surface area contributed by atoms with E-state index in [1.165, 1.54) is 0 Å². The topological polar surface area (TPSA) is 84.3 Å². The number of benzene rings is 2. The lowest BCUT2D eigenvalue weighted by Gasteiger charge is -2.15. The van der Waals surface area contributed by atoms with Crippen molar-refractivity contribution >= 4 is 23.5 Å². The Bertz CT molecular complexity index is 1210. The Kier molecular flexibility index (Phi) is 4.66. The molecular formula is C24H22N4O3. The second kappa shape index (κ2) is 7.50. The molecule has 2 aromatic carbocycles. The number of hydrogen-bond donors (Lipinski definition) is 1. The third-order valence-corrected chi connectivity index (χ3v) is 5.85. The molecule has 3 aromatic rings. The highest BCUT2D eigenvalue weighted by molar-refractivity contribution is 6.21. The molecule has 2 aliphatic rings. The van der Waals surface area contributed by atoms with Crippen LogP contribution in [0.4, 0.5) is 5.82 Å². The largest absolute Gasteiger partial charge is 0.310 e. The van der Waals surface area contributed by atoms with Crippen molar-refractivity contribution in [3.8, 4) is 5.69 Å². The van der Waals surface area contributed by atoms with Crippen LogP contribution < -0.4 is 5.32 Å². The van der Waals surface area contributed by atoms with Crippen LogP contribution >= 0.6 is 0 Å². The first kappa shape index (κ1) is 19.2. The number of anilines is 1. The third kappa shape index (κ3) is 3.32. The number of aryl methyl sites for hydroxylation is 2. The molecule has 1 aliphatic heterocycles. The molecular weight excluding hydrogens is 392 g/mol. The summed E-state index contributed by atoms with van der Waals surface area (Å²) in [7, 11) is 0. The van der Waals surface area contributed by atoms with Crippen molar-refractivity contribution in [2.75, 3.05) is 11.9 Å². The summed E-state index contributed by atoms with van der Waals surface area (Å²) in [4.78, 5) is 39.2. The fourth-order valence-corrected chi connectivity index (χ4v) is 4.29. The summed E-state index contributed by atoms with van der Waals surface area (Å²) in [6.07, 6.45) is 2.81. The lowest BCUT2D eigenvalue weighted by atomic mass is 10.1. The molecule has 0 saturated carbocycles. The molecule has 1 N–H and O–H groups in total. The van der Waals surface area contributed by atoms with Crippen molar-refractivity contribution in [2.24, 2.45) is 0 Å². The summed E-state index contributed by atoms with van der Waals surface area (Å²) in [5.74, 6) is -0.254. The molecule has 31 heavy (non-hydrogen) atoms. The van der Waals surface area contributed by atoms with E-state index in [0.717, 1.165) is 46.7 Å². The standard InChI is InChI=1S/C24H22N4O3/c1-15-10-11-17-19(14-15)24(31)27(23(17)30)13-12-21(29)25-22-18-8-5-9-20(18)26-28(22)16-6-3-2-4-7-16/h2-4,6-7,10-11,14H,5,8-9,12-13H2,1H3,(H,25,29). The highest BCUT2D eigenvalue weighted by Gasteiger charge is 2.35. The zero-order valence-electron chi connectivity index (χ0n) is 17.2. The number of rotatable bonds is 5. The van der Waals surface area contributed by atoms with Crippen molar-refractivity contribution in [3.63, 3.8) is 0 Å². The number of imide groups is 1. The van der Waals surface area contributed by atoms with Gasteiger partial charge < -0.3 is 5.32 Å². The molecule has 156 valence electrons. The molecule has 0 unspecified atom stereocenters. The number of carbonyl (C=O) groups is 3. The van der Waals surface area contributed by atoms with E-state index in [-0.39, 0.29) is 30.7 Å². The first-order valence-corrected chi connectivity index (χ1v) is 10.5. The van der Waals surface area contributed by atoms with Crippen molar-refractivity contribution in [1.29, 1.82) is 0 Å². The van der Waals surface area contributed by atoms with E-state index < -0.39 is 0 Å². The molecule has 1 aliphatic carbocycles. The summed E-state index contributed by atoms with van der Waals surface area (Å²) in [5, 5.41) is 7.68. The van der Waals surface area contributed by atoms with Gasteiger partial charge in [0.05, 0.1) is 22.5 Å². The van der Waals surface area contributed by atoms with Gasteiger partial charge in [-0.1, -0.05) is 29.8 Å². The maximum absolute atomic E-state index is 12.8. The van der Waals surface area contributed by atoms with E-state index >= 15 is 0 Å². The Hall–Kier alpha value is -3.74. The lowest BCUT2D eigenvalue weighted by Crippen LogP contribution is -2.33. The van der Waals surface area contributed by atoms with Crippen LogP contribution in [0.2, 0.25) is 0 Å². The van der Waals surface area contributed by atoms with Crippen molar-refractivity contribution in [3.05, 3.63) is 76.5 Å². The van der Waals surface area contributed by atoms with Gasteiger partial charge in [0, 0.05) is 18.5 Å². The number of hydrogen-bond acceptors (Lipinski definition) is 4. The molecule has 0 radical (unpaired) electrons. The van der Waals surface area contributed by atoms with E-state index in [4.69, 9.17) is 5.10 Å². The van der Waals surface area contributed by atoms with Crippen LogP contribution in [-0.2, 0) is 17.6 Å². The average molecular weight is 414 g/mol. The lowest BCUT2D eigenvalue weighted by molar-refractivity contribution is -0.116. The van der Waals surface area contributed by atoms with Crippen LogP contribution in [0.15, 0.2) is 48.5 Å². The zero-order chi connectivity index (χ0) is 21.5. The first-order chi connectivity index (χ1) is 15.0. The molecule has 0 atom stereocenters. The normalized spacial score (nSPS) is 14.7. The second-order valence-electron chi connectivity index (χ2n) is 7.98. The highest BCUT2D eigenvalue weighted by atomic mass is 16.2. The Morgan fingerprint density at radius 2 is 1.81 bits per heavy atom. The van der Waals surface area contributed by atoms with Crippen LogP contribution in [0.25, 0.3) is 5.69 Å². The minimum atomic E-state index is -0.344. The van der Waals surface area contributed by atoms with E-state index in [1.54, 1.807) is 16.8 Å². The van der Waals surface area contributed by atoms with Crippen LogP contribution in [0, 0.1) is 6.92 Å². The van der Waals surface area contributed by atoms with E-state index in [9.17, 15) is 14.4 Å². The Balaban J connectivity index is 1.32.